The van der Waals surface area contributed by atoms with Crippen LogP contribution in [0.4, 0.5) is 0 Å². The number of hydrogen-bond donors (Lipinski definition) is 1. The molecule has 4 rings (SSSR count). The lowest BCUT2D eigenvalue weighted by Gasteiger charge is -2.46. The van der Waals surface area contributed by atoms with Gasteiger partial charge in [0.1, 0.15) is 0 Å². The van der Waals surface area contributed by atoms with E-state index in [1.807, 2.05) is 18.5 Å². The smallest absolute Gasteiger partial charge is 0.0691 e. The van der Waals surface area contributed by atoms with E-state index < -0.39 is 0 Å². The first kappa shape index (κ1) is 20.2. The molecule has 0 radical (unpaired) electrons. The minimum absolute atomic E-state index is 0.0900. The highest BCUT2D eigenvalue weighted by Gasteiger charge is 2.48. The molecule has 2 fully saturated rings. The van der Waals surface area contributed by atoms with Crippen LogP contribution in [0.15, 0.2) is 36.7 Å². The largest absolute Gasteiger partial charge is 0.375 e. The van der Waals surface area contributed by atoms with Gasteiger partial charge in [0.25, 0.3) is 0 Å². The van der Waals surface area contributed by atoms with Crippen molar-refractivity contribution in [2.75, 3.05) is 13.2 Å². The van der Waals surface area contributed by atoms with E-state index in [1.165, 1.54) is 40.5 Å². The summed E-state index contributed by atoms with van der Waals surface area (Å²) in [7, 11) is 0. The molecule has 1 saturated carbocycles. The van der Waals surface area contributed by atoms with Crippen LogP contribution in [0.5, 0.6) is 0 Å². The Morgan fingerprint density at radius 3 is 2.79 bits per heavy atom. The Morgan fingerprint density at radius 2 is 2.04 bits per heavy atom. The summed E-state index contributed by atoms with van der Waals surface area (Å²) in [4.78, 5) is 9.28. The van der Waals surface area contributed by atoms with Crippen molar-refractivity contribution >= 4 is 22.6 Å². The molecule has 28 heavy (non-hydrogen) atoms. The Morgan fingerprint density at radius 1 is 1.18 bits per heavy atom. The molecule has 2 aromatic rings. The minimum atomic E-state index is 0.0900. The summed E-state index contributed by atoms with van der Waals surface area (Å²) in [6.07, 6.45) is 12.2. The van der Waals surface area contributed by atoms with Crippen LogP contribution in [-0.2, 0) is 16.7 Å². The zero-order chi connectivity index (χ0) is 19.5. The fourth-order valence-electron chi connectivity index (χ4n) is 5.00. The maximum absolute atomic E-state index is 6.35. The number of ether oxygens (including phenoxy) is 1. The van der Waals surface area contributed by atoms with Gasteiger partial charge in [-0.05, 0) is 91.9 Å². The minimum Gasteiger partial charge on any atom is -0.375 e. The van der Waals surface area contributed by atoms with E-state index in [2.05, 4.69) is 58.0 Å². The van der Waals surface area contributed by atoms with Crippen LogP contribution in [-0.4, -0.2) is 28.7 Å². The number of rotatable bonds is 6. The van der Waals surface area contributed by atoms with Gasteiger partial charge in [-0.3, -0.25) is 9.97 Å². The van der Waals surface area contributed by atoms with Crippen molar-refractivity contribution in [2.24, 2.45) is 0 Å². The molecule has 0 unspecified atom stereocenters. The van der Waals surface area contributed by atoms with E-state index in [4.69, 9.17) is 9.72 Å². The summed E-state index contributed by atoms with van der Waals surface area (Å²) < 4.78 is 7.58. The first-order valence-electron chi connectivity index (χ1n) is 10.5. The van der Waals surface area contributed by atoms with Gasteiger partial charge in [0.2, 0.25) is 0 Å². The Hall–Kier alpha value is -1.05. The topological polar surface area (TPSA) is 47.0 Å². The summed E-state index contributed by atoms with van der Waals surface area (Å²) >= 11 is 2.36. The number of halogens is 1. The highest BCUT2D eigenvalue weighted by Crippen LogP contribution is 2.49. The van der Waals surface area contributed by atoms with E-state index in [0.29, 0.717) is 0 Å². The summed E-state index contributed by atoms with van der Waals surface area (Å²) in [5.41, 5.74) is 3.81. The second-order valence-corrected chi connectivity index (χ2v) is 9.66. The highest BCUT2D eigenvalue weighted by molar-refractivity contribution is 14.1. The van der Waals surface area contributed by atoms with Crippen molar-refractivity contribution in [2.45, 2.75) is 69.4 Å². The van der Waals surface area contributed by atoms with Crippen LogP contribution in [0.2, 0.25) is 0 Å². The van der Waals surface area contributed by atoms with Gasteiger partial charge in [-0.1, -0.05) is 18.9 Å². The number of nitrogens with one attached hydrogen (secondary N) is 1. The molecule has 2 aliphatic rings. The molecule has 0 aromatic carbocycles. The van der Waals surface area contributed by atoms with Gasteiger partial charge >= 0.3 is 0 Å². The molecule has 1 aliphatic heterocycles. The van der Waals surface area contributed by atoms with Gasteiger partial charge in [0, 0.05) is 40.2 Å². The van der Waals surface area contributed by atoms with Crippen LogP contribution >= 0.6 is 22.6 Å². The van der Waals surface area contributed by atoms with E-state index in [0.717, 1.165) is 44.7 Å². The molecular weight excluding hydrogens is 461 g/mol. The number of pyridine rings is 2. The Kier molecular flexibility index (Phi) is 6.33. The molecule has 0 bridgehead atoms. The van der Waals surface area contributed by atoms with Gasteiger partial charge in [0.15, 0.2) is 0 Å². The summed E-state index contributed by atoms with van der Waals surface area (Å²) in [5.74, 6) is 0. The van der Waals surface area contributed by atoms with Gasteiger partial charge in [-0.25, -0.2) is 0 Å². The molecule has 1 saturated heterocycles. The van der Waals surface area contributed by atoms with Crippen molar-refractivity contribution in [3.63, 3.8) is 0 Å². The number of hydrogen-bond acceptors (Lipinski definition) is 4. The lowest BCUT2D eigenvalue weighted by molar-refractivity contribution is -0.104. The SMILES string of the molecule is Cc1ncc(CNCC[C@]2(c3ccccn3)CCOC3(CCCC3)C2)cc1I. The lowest BCUT2D eigenvalue weighted by Crippen LogP contribution is -2.47. The standard InChI is InChI=1S/C23H30IN3O/c1-18-20(24)14-19(16-27-18)15-25-12-9-22(21-6-2-5-11-26-21)10-13-28-23(17-22)7-3-4-8-23/h2,5-6,11,14,16,25H,3-4,7-10,12-13,15,17H2,1H3/t22-/m0/s1. The number of aryl methyl sites for hydroxylation is 1. The number of nitrogens with zero attached hydrogens (tertiary/aromatic N) is 2. The number of aromatic nitrogens is 2. The van der Waals surface area contributed by atoms with E-state index in [-0.39, 0.29) is 11.0 Å². The zero-order valence-electron chi connectivity index (χ0n) is 16.7. The molecule has 1 aliphatic carbocycles. The molecule has 1 N–H and O–H groups in total. The fraction of sp³-hybridized carbons (Fsp3) is 0.565. The Labute approximate surface area is 182 Å². The van der Waals surface area contributed by atoms with E-state index in [1.54, 1.807) is 0 Å². The average molecular weight is 491 g/mol. The Balaban J connectivity index is 1.45. The maximum atomic E-state index is 6.35. The first-order chi connectivity index (χ1) is 13.6. The lowest BCUT2D eigenvalue weighted by atomic mass is 9.68. The second kappa shape index (κ2) is 8.76. The van der Waals surface area contributed by atoms with Crippen LogP contribution in [0.3, 0.4) is 0 Å². The van der Waals surface area contributed by atoms with Gasteiger partial charge in [0.05, 0.1) is 11.3 Å². The van der Waals surface area contributed by atoms with Crippen LogP contribution < -0.4 is 5.32 Å². The molecule has 150 valence electrons. The van der Waals surface area contributed by atoms with E-state index >= 15 is 0 Å². The molecule has 2 aromatic heterocycles. The van der Waals surface area contributed by atoms with Crippen LogP contribution in [0, 0.1) is 10.5 Å². The Bertz CT molecular complexity index is 792. The monoisotopic (exact) mass is 491 g/mol. The predicted molar refractivity (Wildman–Crippen MR) is 120 cm³/mol. The molecule has 4 nitrogen and oxygen atoms in total. The maximum Gasteiger partial charge on any atom is 0.0691 e. The average Bonchev–Trinajstić information content (AvgIpc) is 3.16. The summed E-state index contributed by atoms with van der Waals surface area (Å²) in [5, 5.41) is 3.66. The highest BCUT2D eigenvalue weighted by atomic mass is 127. The predicted octanol–water partition coefficient (Wildman–Crippen LogP) is 4.93. The molecule has 5 heteroatoms. The normalized spacial score (nSPS) is 23.9. The third-order valence-corrected chi connectivity index (χ3v) is 7.66. The van der Waals surface area contributed by atoms with Crippen LogP contribution in [0.25, 0.3) is 0 Å². The zero-order valence-corrected chi connectivity index (χ0v) is 18.9. The first-order valence-corrected chi connectivity index (χ1v) is 11.6. The molecule has 1 spiro atoms. The third kappa shape index (κ3) is 4.41. The van der Waals surface area contributed by atoms with Crippen molar-refractivity contribution < 1.29 is 4.74 Å². The van der Waals surface area contributed by atoms with Gasteiger partial charge in [-0.2, -0.15) is 0 Å². The van der Waals surface area contributed by atoms with Gasteiger partial charge in [-0.15, -0.1) is 0 Å². The second-order valence-electron chi connectivity index (χ2n) is 8.50. The van der Waals surface area contributed by atoms with E-state index in [9.17, 15) is 0 Å². The van der Waals surface area contributed by atoms with Gasteiger partial charge < -0.3 is 10.1 Å². The molecule has 1 atom stereocenters. The molecule has 0 amide bonds. The summed E-state index contributed by atoms with van der Waals surface area (Å²) in [6, 6.07) is 8.60. The van der Waals surface area contributed by atoms with Crippen molar-refractivity contribution in [1.82, 2.24) is 15.3 Å². The van der Waals surface area contributed by atoms with Crippen LogP contribution in [0.1, 0.15) is 61.9 Å². The van der Waals surface area contributed by atoms with Crippen molar-refractivity contribution in [3.8, 4) is 0 Å². The molecule has 3 heterocycles. The van der Waals surface area contributed by atoms with Crippen molar-refractivity contribution in [3.05, 3.63) is 57.2 Å². The summed E-state index contributed by atoms with van der Waals surface area (Å²) in [6.45, 7) is 4.76. The van der Waals surface area contributed by atoms with Crippen molar-refractivity contribution in [1.29, 1.82) is 0 Å². The quantitative estimate of drug-likeness (QED) is 0.460. The molecular formula is C23H30IN3O. The fourth-order valence-corrected chi connectivity index (χ4v) is 5.54. The third-order valence-electron chi connectivity index (χ3n) is 6.56.